The van der Waals surface area contributed by atoms with Gasteiger partial charge in [-0.3, -0.25) is 4.99 Å². The van der Waals surface area contributed by atoms with Gasteiger partial charge in [0, 0.05) is 25.7 Å². The summed E-state index contributed by atoms with van der Waals surface area (Å²) in [5.41, 5.74) is 2.74. The summed E-state index contributed by atoms with van der Waals surface area (Å²) in [4.78, 5) is 4.28. The van der Waals surface area contributed by atoms with E-state index in [9.17, 15) is 0 Å². The molecule has 0 aliphatic carbocycles. The maximum Gasteiger partial charge on any atom is 0.191 e. The predicted molar refractivity (Wildman–Crippen MR) is 107 cm³/mol. The Morgan fingerprint density at radius 2 is 1.82 bits per heavy atom. The molecule has 0 aliphatic rings. The molecule has 22 heavy (non-hydrogen) atoms. The van der Waals surface area contributed by atoms with Crippen LogP contribution >= 0.6 is 24.0 Å². The molecule has 0 aromatic heterocycles. The van der Waals surface area contributed by atoms with Gasteiger partial charge in [-0.1, -0.05) is 24.3 Å². The van der Waals surface area contributed by atoms with Crippen LogP contribution in [0.4, 0.5) is 0 Å². The standard InChI is InChI=1S/C17H30N4.HI/c1-13-9-7-8-10-15(13)14(2)21-16(18-6)19-11-12-20-17(3,4)5;/h7-10,14,20H,11-12H2,1-6H3,(H2,18,19,21);1H. The normalized spacial score (nSPS) is 13.3. The molecule has 0 bridgehead atoms. The van der Waals surface area contributed by atoms with Gasteiger partial charge in [-0.05, 0) is 45.7 Å². The number of nitrogens with zero attached hydrogens (tertiary/aromatic N) is 1. The van der Waals surface area contributed by atoms with Crippen molar-refractivity contribution in [2.75, 3.05) is 20.1 Å². The lowest BCUT2D eigenvalue weighted by atomic mass is 10.0. The number of halogens is 1. The Morgan fingerprint density at radius 3 is 2.36 bits per heavy atom. The Kier molecular flexibility index (Phi) is 9.67. The third kappa shape index (κ3) is 7.98. The lowest BCUT2D eigenvalue weighted by Crippen LogP contribution is -2.45. The number of benzene rings is 1. The molecule has 0 fully saturated rings. The highest BCUT2D eigenvalue weighted by Crippen LogP contribution is 2.16. The van der Waals surface area contributed by atoms with Crippen LogP contribution in [-0.4, -0.2) is 31.6 Å². The molecule has 1 aromatic rings. The first-order chi connectivity index (χ1) is 9.83. The zero-order valence-electron chi connectivity index (χ0n) is 14.7. The van der Waals surface area contributed by atoms with E-state index in [4.69, 9.17) is 0 Å². The van der Waals surface area contributed by atoms with Crippen LogP contribution in [0.2, 0.25) is 0 Å². The van der Waals surface area contributed by atoms with E-state index in [2.05, 4.69) is 79.8 Å². The number of hydrogen-bond acceptors (Lipinski definition) is 2. The highest BCUT2D eigenvalue weighted by atomic mass is 127. The second-order valence-corrected chi connectivity index (χ2v) is 6.40. The number of hydrogen-bond donors (Lipinski definition) is 3. The molecule has 3 N–H and O–H groups in total. The van der Waals surface area contributed by atoms with E-state index in [0.29, 0.717) is 0 Å². The minimum atomic E-state index is 0. The summed E-state index contributed by atoms with van der Waals surface area (Å²) < 4.78 is 0. The quantitative estimate of drug-likeness (QED) is 0.298. The van der Waals surface area contributed by atoms with Gasteiger partial charge >= 0.3 is 0 Å². The van der Waals surface area contributed by atoms with Gasteiger partial charge in [-0.2, -0.15) is 0 Å². The van der Waals surface area contributed by atoms with E-state index >= 15 is 0 Å². The molecule has 0 radical (unpaired) electrons. The number of aliphatic imine (C=N–C) groups is 1. The molecule has 0 spiro atoms. The number of rotatable bonds is 5. The topological polar surface area (TPSA) is 48.5 Å². The molecule has 0 saturated heterocycles. The highest BCUT2D eigenvalue weighted by molar-refractivity contribution is 14.0. The van der Waals surface area contributed by atoms with Crippen molar-refractivity contribution in [2.45, 2.75) is 46.2 Å². The van der Waals surface area contributed by atoms with E-state index in [1.165, 1.54) is 11.1 Å². The van der Waals surface area contributed by atoms with Crippen molar-refractivity contribution in [1.29, 1.82) is 0 Å². The van der Waals surface area contributed by atoms with E-state index in [-0.39, 0.29) is 35.6 Å². The Labute approximate surface area is 152 Å². The maximum absolute atomic E-state index is 4.28. The smallest absolute Gasteiger partial charge is 0.191 e. The van der Waals surface area contributed by atoms with Gasteiger partial charge in [0.25, 0.3) is 0 Å². The first-order valence-electron chi connectivity index (χ1n) is 7.61. The predicted octanol–water partition coefficient (Wildman–Crippen LogP) is 3.23. The summed E-state index contributed by atoms with van der Waals surface area (Å²) >= 11 is 0. The minimum Gasteiger partial charge on any atom is -0.355 e. The first kappa shape index (κ1) is 21.2. The molecule has 1 aromatic carbocycles. The molecule has 1 unspecified atom stereocenters. The highest BCUT2D eigenvalue weighted by Gasteiger charge is 2.10. The van der Waals surface area contributed by atoms with E-state index < -0.39 is 0 Å². The van der Waals surface area contributed by atoms with Crippen molar-refractivity contribution in [3.05, 3.63) is 35.4 Å². The second kappa shape index (κ2) is 10.0. The third-order valence-corrected chi connectivity index (χ3v) is 3.30. The molecule has 5 heteroatoms. The first-order valence-corrected chi connectivity index (χ1v) is 7.61. The minimum absolute atomic E-state index is 0. The van der Waals surface area contributed by atoms with Crippen LogP contribution in [0.1, 0.15) is 44.9 Å². The molecule has 0 amide bonds. The summed E-state index contributed by atoms with van der Waals surface area (Å²) in [6.45, 7) is 12.5. The fourth-order valence-electron chi connectivity index (χ4n) is 2.17. The SMILES string of the molecule is CN=C(NCCNC(C)(C)C)NC(C)c1ccccc1C.I. The van der Waals surface area contributed by atoms with Crippen LogP contribution in [0.3, 0.4) is 0 Å². The van der Waals surface area contributed by atoms with Crippen LogP contribution in [0.15, 0.2) is 29.3 Å². The van der Waals surface area contributed by atoms with Gasteiger partial charge in [-0.25, -0.2) is 0 Å². The lowest BCUT2D eigenvalue weighted by molar-refractivity contribution is 0.428. The molecule has 1 rings (SSSR count). The van der Waals surface area contributed by atoms with Crippen molar-refractivity contribution in [3.63, 3.8) is 0 Å². The molecule has 4 nitrogen and oxygen atoms in total. The number of nitrogens with one attached hydrogen (secondary N) is 3. The van der Waals surface area contributed by atoms with E-state index in [1.807, 2.05) is 0 Å². The fraction of sp³-hybridized carbons (Fsp3) is 0.588. The molecule has 1 atom stereocenters. The number of guanidine groups is 1. The summed E-state index contributed by atoms with van der Waals surface area (Å²) in [6.07, 6.45) is 0. The Bertz CT molecular complexity index is 466. The van der Waals surface area contributed by atoms with Crippen molar-refractivity contribution in [1.82, 2.24) is 16.0 Å². The average Bonchev–Trinajstić information content (AvgIpc) is 2.41. The zero-order chi connectivity index (χ0) is 15.9. The molecular formula is C17H31IN4. The van der Waals surface area contributed by atoms with Crippen molar-refractivity contribution < 1.29 is 0 Å². The zero-order valence-corrected chi connectivity index (χ0v) is 17.0. The summed E-state index contributed by atoms with van der Waals surface area (Å²) in [7, 11) is 1.80. The van der Waals surface area contributed by atoms with E-state index in [1.54, 1.807) is 7.05 Å². The van der Waals surface area contributed by atoms with Crippen molar-refractivity contribution in [2.24, 2.45) is 4.99 Å². The Hall–Kier alpha value is -0.820. The van der Waals surface area contributed by atoms with Crippen molar-refractivity contribution in [3.8, 4) is 0 Å². The molecule has 126 valence electrons. The van der Waals surface area contributed by atoms with Gasteiger partial charge in [0.2, 0.25) is 0 Å². The summed E-state index contributed by atoms with van der Waals surface area (Å²) in [5, 5.41) is 10.2. The maximum atomic E-state index is 4.28. The monoisotopic (exact) mass is 418 g/mol. The summed E-state index contributed by atoms with van der Waals surface area (Å²) in [5.74, 6) is 0.835. The summed E-state index contributed by atoms with van der Waals surface area (Å²) in [6, 6.07) is 8.66. The van der Waals surface area contributed by atoms with Gasteiger partial charge in [-0.15, -0.1) is 24.0 Å². The van der Waals surface area contributed by atoms with Crippen LogP contribution in [-0.2, 0) is 0 Å². The molecule has 0 heterocycles. The lowest BCUT2D eigenvalue weighted by Gasteiger charge is -2.22. The van der Waals surface area contributed by atoms with Gasteiger partial charge in [0.1, 0.15) is 0 Å². The third-order valence-electron chi connectivity index (χ3n) is 3.30. The van der Waals surface area contributed by atoms with Crippen LogP contribution in [0, 0.1) is 6.92 Å². The number of aryl methyl sites for hydroxylation is 1. The van der Waals surface area contributed by atoms with E-state index in [0.717, 1.165) is 19.0 Å². The fourth-order valence-corrected chi connectivity index (χ4v) is 2.17. The van der Waals surface area contributed by atoms with Gasteiger partial charge in [0.15, 0.2) is 5.96 Å². The van der Waals surface area contributed by atoms with Crippen LogP contribution in [0.5, 0.6) is 0 Å². The van der Waals surface area contributed by atoms with Gasteiger partial charge < -0.3 is 16.0 Å². The van der Waals surface area contributed by atoms with Crippen molar-refractivity contribution >= 4 is 29.9 Å². The molecular weight excluding hydrogens is 387 g/mol. The Balaban J connectivity index is 0.00000441. The molecule has 0 saturated carbocycles. The largest absolute Gasteiger partial charge is 0.355 e. The average molecular weight is 418 g/mol. The van der Waals surface area contributed by atoms with Crippen LogP contribution in [0.25, 0.3) is 0 Å². The molecule has 0 aliphatic heterocycles. The Morgan fingerprint density at radius 1 is 1.18 bits per heavy atom. The van der Waals surface area contributed by atoms with Crippen LogP contribution < -0.4 is 16.0 Å². The van der Waals surface area contributed by atoms with Gasteiger partial charge in [0.05, 0.1) is 6.04 Å². The second-order valence-electron chi connectivity index (χ2n) is 6.40.